The summed E-state index contributed by atoms with van der Waals surface area (Å²) in [4.78, 5) is 27.3. The van der Waals surface area contributed by atoms with E-state index >= 15 is 0 Å². The first-order valence-electron chi connectivity index (χ1n) is 25.2. The Hall–Kier alpha value is -2.62. The lowest BCUT2D eigenvalue weighted by Gasteiger charge is -2.16. The highest BCUT2D eigenvalue weighted by atomic mass is 16.6. The Labute approximate surface area is 358 Å². The number of benzene rings is 2. The van der Waals surface area contributed by atoms with Gasteiger partial charge in [-0.15, -0.1) is 0 Å². The van der Waals surface area contributed by atoms with Crippen LogP contribution in [-0.2, 0) is 22.4 Å². The molecule has 4 nitrogen and oxygen atoms in total. The Balaban J connectivity index is 1.78. The van der Waals surface area contributed by atoms with E-state index in [-0.39, 0.29) is 0 Å². The first-order valence-corrected chi connectivity index (χ1v) is 25.2. The van der Waals surface area contributed by atoms with E-state index in [9.17, 15) is 9.59 Å². The first-order chi connectivity index (χ1) is 28.6. The van der Waals surface area contributed by atoms with Gasteiger partial charge in [-0.2, -0.15) is 0 Å². The smallest absolute Gasteiger partial charge is 0.325 e. The average Bonchev–Trinajstić information content (AvgIpc) is 3.22. The number of rotatable bonds is 40. The van der Waals surface area contributed by atoms with Crippen molar-refractivity contribution in [2.75, 3.05) is 0 Å². The SMILES string of the molecule is CCCCCCCCCCCCCCCc1cccc(OC(=O)C(CCCCCCCCC)C(=O)Oc2cccc(CCCCCCCCCCCCCCC)c2)c1. The Morgan fingerprint density at radius 1 is 0.379 bits per heavy atom. The molecule has 330 valence electrons. The second kappa shape index (κ2) is 37.4. The minimum atomic E-state index is -0.940. The summed E-state index contributed by atoms with van der Waals surface area (Å²) in [6, 6.07) is 15.8. The molecule has 0 N–H and O–H groups in total. The molecular formula is C54H90O4. The van der Waals surface area contributed by atoms with Gasteiger partial charge in [-0.05, 0) is 67.5 Å². The van der Waals surface area contributed by atoms with Crippen molar-refractivity contribution in [3.63, 3.8) is 0 Å². The van der Waals surface area contributed by atoms with Crippen LogP contribution < -0.4 is 9.47 Å². The van der Waals surface area contributed by atoms with Gasteiger partial charge in [0, 0.05) is 0 Å². The molecule has 0 atom stereocenters. The molecule has 0 aliphatic rings. The number of aryl methyl sites for hydroxylation is 2. The molecule has 0 saturated heterocycles. The Morgan fingerprint density at radius 2 is 0.655 bits per heavy atom. The summed E-state index contributed by atoms with van der Waals surface area (Å²) in [5, 5.41) is 0. The van der Waals surface area contributed by atoms with E-state index in [4.69, 9.17) is 9.47 Å². The molecule has 0 aliphatic heterocycles. The van der Waals surface area contributed by atoms with Gasteiger partial charge in [0.25, 0.3) is 0 Å². The summed E-state index contributed by atoms with van der Waals surface area (Å²) in [5.41, 5.74) is 2.36. The molecule has 0 unspecified atom stereocenters. The second-order valence-corrected chi connectivity index (χ2v) is 17.6. The van der Waals surface area contributed by atoms with Gasteiger partial charge in [-0.3, -0.25) is 9.59 Å². The van der Waals surface area contributed by atoms with Crippen LogP contribution in [0.4, 0.5) is 0 Å². The molecular weight excluding hydrogens is 713 g/mol. The summed E-state index contributed by atoms with van der Waals surface area (Å²) in [6.07, 6.45) is 45.2. The highest BCUT2D eigenvalue weighted by Crippen LogP contribution is 2.24. The second-order valence-electron chi connectivity index (χ2n) is 17.6. The van der Waals surface area contributed by atoms with Gasteiger partial charge in [-0.25, -0.2) is 0 Å². The van der Waals surface area contributed by atoms with Crippen LogP contribution in [0.2, 0.25) is 0 Å². The number of carbonyl (C=O) groups is 2. The zero-order valence-corrected chi connectivity index (χ0v) is 38.3. The zero-order chi connectivity index (χ0) is 41.6. The lowest BCUT2D eigenvalue weighted by molar-refractivity contribution is -0.151. The summed E-state index contributed by atoms with van der Waals surface area (Å²) in [7, 11) is 0. The lowest BCUT2D eigenvalue weighted by Crippen LogP contribution is -2.31. The highest BCUT2D eigenvalue weighted by molar-refractivity contribution is 5.96. The predicted molar refractivity (Wildman–Crippen MR) is 249 cm³/mol. The molecule has 2 rings (SSSR count). The van der Waals surface area contributed by atoms with Crippen LogP contribution in [0.15, 0.2) is 48.5 Å². The Bertz CT molecular complexity index is 1170. The van der Waals surface area contributed by atoms with Gasteiger partial charge in [0.15, 0.2) is 5.92 Å². The van der Waals surface area contributed by atoms with Crippen molar-refractivity contribution in [1.82, 2.24) is 0 Å². The van der Waals surface area contributed by atoms with Gasteiger partial charge in [0.2, 0.25) is 0 Å². The fraction of sp³-hybridized carbons (Fsp3) is 0.741. The molecule has 4 heteroatoms. The van der Waals surface area contributed by atoms with Crippen molar-refractivity contribution in [2.45, 2.75) is 252 Å². The predicted octanol–water partition coefficient (Wildman–Crippen LogP) is 17.2. The fourth-order valence-electron chi connectivity index (χ4n) is 8.23. The lowest BCUT2D eigenvalue weighted by atomic mass is 10.00. The van der Waals surface area contributed by atoms with Gasteiger partial charge in [0.05, 0.1) is 0 Å². The molecule has 0 aliphatic carbocycles. The maximum atomic E-state index is 13.6. The summed E-state index contributed by atoms with van der Waals surface area (Å²) < 4.78 is 11.8. The molecule has 0 fully saturated rings. The molecule has 0 radical (unpaired) electrons. The van der Waals surface area contributed by atoms with Crippen LogP contribution in [0, 0.1) is 5.92 Å². The highest BCUT2D eigenvalue weighted by Gasteiger charge is 2.30. The van der Waals surface area contributed by atoms with Crippen molar-refractivity contribution in [3.05, 3.63) is 59.7 Å². The molecule has 2 aromatic carbocycles. The molecule has 0 spiro atoms. The van der Waals surface area contributed by atoms with E-state index in [1.54, 1.807) is 0 Å². The van der Waals surface area contributed by atoms with Crippen LogP contribution in [-0.4, -0.2) is 11.9 Å². The maximum absolute atomic E-state index is 13.6. The maximum Gasteiger partial charge on any atom is 0.325 e. The van der Waals surface area contributed by atoms with Crippen molar-refractivity contribution in [3.8, 4) is 11.5 Å². The number of esters is 2. The summed E-state index contributed by atoms with van der Waals surface area (Å²) in [5.74, 6) is -0.900. The third-order valence-corrected chi connectivity index (χ3v) is 12.0. The normalized spacial score (nSPS) is 11.4. The molecule has 0 aromatic heterocycles. The van der Waals surface area contributed by atoms with E-state index in [1.165, 1.54) is 191 Å². The van der Waals surface area contributed by atoms with Crippen molar-refractivity contribution in [1.29, 1.82) is 0 Å². The van der Waals surface area contributed by atoms with Crippen LogP contribution >= 0.6 is 0 Å². The van der Waals surface area contributed by atoms with Gasteiger partial charge >= 0.3 is 11.9 Å². The molecule has 0 saturated carbocycles. The van der Waals surface area contributed by atoms with Crippen LogP contribution in [0.25, 0.3) is 0 Å². The summed E-state index contributed by atoms with van der Waals surface area (Å²) >= 11 is 0. The number of carbonyl (C=O) groups excluding carboxylic acids is 2. The fourth-order valence-corrected chi connectivity index (χ4v) is 8.23. The van der Waals surface area contributed by atoms with E-state index in [0.29, 0.717) is 17.9 Å². The molecule has 0 heterocycles. The van der Waals surface area contributed by atoms with Crippen molar-refractivity contribution < 1.29 is 19.1 Å². The summed E-state index contributed by atoms with van der Waals surface area (Å²) in [6.45, 7) is 6.79. The molecule has 2 aromatic rings. The van der Waals surface area contributed by atoms with Gasteiger partial charge in [0.1, 0.15) is 11.5 Å². The van der Waals surface area contributed by atoms with E-state index in [2.05, 4.69) is 32.9 Å². The molecule has 0 bridgehead atoms. The third kappa shape index (κ3) is 28.0. The van der Waals surface area contributed by atoms with Crippen molar-refractivity contribution in [2.24, 2.45) is 5.92 Å². The topological polar surface area (TPSA) is 52.6 Å². The Kier molecular flexibility index (Phi) is 33.2. The minimum absolute atomic E-state index is 0.447. The van der Waals surface area contributed by atoms with E-state index < -0.39 is 17.9 Å². The average molecular weight is 803 g/mol. The Morgan fingerprint density at radius 3 is 0.966 bits per heavy atom. The standard InChI is InChI=1S/C54H90O4/c1-4-7-10-13-16-18-20-22-24-26-29-31-34-39-48-41-37-43-50(46-48)57-53(55)52(45-36-33-28-15-12-9-6-3)54(56)58-51-44-38-42-49(47-51)40-35-32-30-27-25-23-21-19-17-14-11-8-5-2/h37-38,41-44,46-47,52H,4-36,39-40,45H2,1-3H3. The van der Waals surface area contributed by atoms with Crippen molar-refractivity contribution >= 4 is 11.9 Å². The first kappa shape index (κ1) is 51.5. The number of hydrogen-bond acceptors (Lipinski definition) is 4. The number of ether oxygens (including phenoxy) is 2. The zero-order valence-electron chi connectivity index (χ0n) is 38.3. The minimum Gasteiger partial charge on any atom is -0.426 e. The molecule has 58 heavy (non-hydrogen) atoms. The van der Waals surface area contributed by atoms with E-state index in [0.717, 1.165) is 44.9 Å². The van der Waals surface area contributed by atoms with E-state index in [1.807, 2.05) is 36.4 Å². The van der Waals surface area contributed by atoms with Gasteiger partial charge in [-0.1, -0.05) is 244 Å². The monoisotopic (exact) mass is 803 g/mol. The quantitative estimate of drug-likeness (QED) is 0.0291. The third-order valence-electron chi connectivity index (χ3n) is 12.0. The van der Waals surface area contributed by atoms with Crippen LogP contribution in [0.3, 0.4) is 0 Å². The number of unbranched alkanes of at least 4 members (excludes halogenated alkanes) is 30. The van der Waals surface area contributed by atoms with Gasteiger partial charge < -0.3 is 9.47 Å². The molecule has 0 amide bonds. The van der Waals surface area contributed by atoms with Crippen LogP contribution in [0.1, 0.15) is 250 Å². The number of hydrogen-bond donors (Lipinski definition) is 0. The largest absolute Gasteiger partial charge is 0.426 e. The van der Waals surface area contributed by atoms with Crippen LogP contribution in [0.5, 0.6) is 11.5 Å².